The monoisotopic (exact) mass is 338 g/mol. The molecule has 0 radical (unpaired) electrons. The van der Waals surface area contributed by atoms with Crippen LogP contribution >= 0.6 is 23.8 Å². The Hall–Kier alpha value is -1.50. The van der Waals surface area contributed by atoms with E-state index >= 15 is 0 Å². The first-order chi connectivity index (χ1) is 10.6. The second-order valence-corrected chi connectivity index (χ2v) is 6.19. The van der Waals surface area contributed by atoms with Gasteiger partial charge in [-0.05, 0) is 55.7 Å². The molecular formula is C15H15ClN2O3S. The van der Waals surface area contributed by atoms with Gasteiger partial charge in [-0.1, -0.05) is 11.6 Å². The van der Waals surface area contributed by atoms with Crippen molar-refractivity contribution in [2.75, 3.05) is 11.5 Å². The van der Waals surface area contributed by atoms with Gasteiger partial charge in [0.25, 0.3) is 0 Å². The lowest BCUT2D eigenvalue weighted by atomic mass is 9.95. The Morgan fingerprint density at radius 3 is 2.68 bits per heavy atom. The molecule has 0 aromatic heterocycles. The fraction of sp³-hybridized carbons (Fsp3) is 0.400. The molecule has 0 saturated carbocycles. The number of anilines is 1. The van der Waals surface area contributed by atoms with Crippen LogP contribution in [0.15, 0.2) is 24.3 Å². The van der Waals surface area contributed by atoms with Gasteiger partial charge in [0.15, 0.2) is 5.11 Å². The van der Waals surface area contributed by atoms with E-state index in [0.717, 1.165) is 12.8 Å². The summed E-state index contributed by atoms with van der Waals surface area (Å²) in [6.45, 7) is 0.687. The van der Waals surface area contributed by atoms with E-state index in [0.29, 0.717) is 23.7 Å². The predicted molar refractivity (Wildman–Crippen MR) is 86.8 cm³/mol. The minimum atomic E-state index is -0.773. The quantitative estimate of drug-likeness (QED) is 0.678. The van der Waals surface area contributed by atoms with Gasteiger partial charge in [0.05, 0.1) is 11.8 Å². The fourth-order valence-electron chi connectivity index (χ4n) is 2.75. The maximum absolute atomic E-state index is 12.7. The molecule has 1 N–H and O–H groups in total. The van der Waals surface area contributed by atoms with Gasteiger partial charge in [0.2, 0.25) is 11.8 Å². The first-order valence-corrected chi connectivity index (χ1v) is 7.91. The molecule has 7 heteroatoms. The number of ether oxygens (including phenoxy) is 1. The molecule has 2 saturated heterocycles. The summed E-state index contributed by atoms with van der Waals surface area (Å²) in [5.74, 6) is -1.44. The number of rotatable bonds is 3. The third kappa shape index (κ3) is 2.99. The van der Waals surface area contributed by atoms with E-state index in [2.05, 4.69) is 5.32 Å². The number of benzene rings is 1. The molecule has 2 heterocycles. The Kier molecular flexibility index (Phi) is 4.42. The number of thiocarbonyl (C=S) groups is 1. The molecule has 0 aliphatic carbocycles. The maximum Gasteiger partial charge on any atom is 0.246 e. The minimum Gasteiger partial charge on any atom is -0.378 e. The number of hydrogen-bond acceptors (Lipinski definition) is 4. The zero-order valence-corrected chi connectivity index (χ0v) is 13.3. The molecule has 22 heavy (non-hydrogen) atoms. The van der Waals surface area contributed by atoms with Crippen molar-refractivity contribution in [3.05, 3.63) is 29.3 Å². The maximum atomic E-state index is 12.7. The summed E-state index contributed by atoms with van der Waals surface area (Å²) in [7, 11) is 0. The van der Waals surface area contributed by atoms with Crippen molar-refractivity contribution in [2.24, 2.45) is 5.92 Å². The fourth-order valence-corrected chi connectivity index (χ4v) is 3.17. The molecule has 2 amide bonds. The molecule has 0 spiro atoms. The number of halogens is 1. The van der Waals surface area contributed by atoms with E-state index in [-0.39, 0.29) is 23.0 Å². The number of nitrogens with one attached hydrogen (secondary N) is 1. The second-order valence-electron chi connectivity index (χ2n) is 5.37. The van der Waals surface area contributed by atoms with Crippen LogP contribution in [0.3, 0.4) is 0 Å². The van der Waals surface area contributed by atoms with Gasteiger partial charge in [-0.15, -0.1) is 0 Å². The molecule has 116 valence electrons. The van der Waals surface area contributed by atoms with Crippen LogP contribution in [-0.4, -0.2) is 29.6 Å². The van der Waals surface area contributed by atoms with E-state index in [4.69, 9.17) is 28.6 Å². The highest BCUT2D eigenvalue weighted by molar-refractivity contribution is 7.80. The molecule has 2 aliphatic rings. The van der Waals surface area contributed by atoms with Crippen LogP contribution in [-0.2, 0) is 14.3 Å². The normalized spacial score (nSPS) is 25.5. The molecular weight excluding hydrogens is 324 g/mol. The Balaban J connectivity index is 1.83. The van der Waals surface area contributed by atoms with Crippen LogP contribution in [0.4, 0.5) is 5.69 Å². The average molecular weight is 339 g/mol. The third-order valence-electron chi connectivity index (χ3n) is 3.88. The highest BCUT2D eigenvalue weighted by Gasteiger charge is 2.41. The predicted octanol–water partition coefficient (Wildman–Crippen LogP) is 2.27. The van der Waals surface area contributed by atoms with Crippen molar-refractivity contribution in [2.45, 2.75) is 25.4 Å². The minimum absolute atomic E-state index is 0.0431. The van der Waals surface area contributed by atoms with Gasteiger partial charge in [-0.2, -0.15) is 0 Å². The summed E-state index contributed by atoms with van der Waals surface area (Å²) in [5.41, 5.74) is 0.594. The Morgan fingerprint density at radius 2 is 2.05 bits per heavy atom. The third-order valence-corrected chi connectivity index (χ3v) is 4.41. The van der Waals surface area contributed by atoms with Gasteiger partial charge >= 0.3 is 0 Å². The first kappa shape index (κ1) is 15.4. The van der Waals surface area contributed by atoms with Crippen molar-refractivity contribution in [1.29, 1.82) is 0 Å². The summed E-state index contributed by atoms with van der Waals surface area (Å²) < 4.78 is 5.53. The lowest BCUT2D eigenvalue weighted by Gasteiger charge is -2.33. The highest BCUT2D eigenvalue weighted by Crippen LogP contribution is 2.27. The Labute approximate surface area is 138 Å². The summed E-state index contributed by atoms with van der Waals surface area (Å²) in [5, 5.41) is 3.27. The lowest BCUT2D eigenvalue weighted by molar-refractivity contribution is -0.135. The largest absolute Gasteiger partial charge is 0.378 e. The molecule has 2 fully saturated rings. The van der Waals surface area contributed by atoms with Gasteiger partial charge in [-0.3, -0.25) is 14.5 Å². The van der Waals surface area contributed by atoms with Crippen molar-refractivity contribution in [1.82, 2.24) is 5.32 Å². The molecule has 2 atom stereocenters. The van der Waals surface area contributed by atoms with Crippen LogP contribution in [0.25, 0.3) is 0 Å². The van der Waals surface area contributed by atoms with E-state index in [1.807, 2.05) is 0 Å². The molecule has 3 rings (SSSR count). The van der Waals surface area contributed by atoms with Crippen LogP contribution in [0.1, 0.15) is 19.3 Å². The summed E-state index contributed by atoms with van der Waals surface area (Å²) in [6.07, 6.45) is 2.19. The lowest BCUT2D eigenvalue weighted by Crippen LogP contribution is -2.58. The first-order valence-electron chi connectivity index (χ1n) is 7.12. The van der Waals surface area contributed by atoms with Crippen LogP contribution < -0.4 is 10.2 Å². The summed E-state index contributed by atoms with van der Waals surface area (Å²) in [6, 6.07) is 6.76. The molecule has 1 aromatic rings. The molecule has 1 aromatic carbocycles. The number of carbonyl (C=O) groups is 2. The number of nitrogens with zero attached hydrogens (tertiary/aromatic N) is 1. The summed E-state index contributed by atoms with van der Waals surface area (Å²) in [4.78, 5) is 26.2. The van der Waals surface area contributed by atoms with Crippen LogP contribution in [0, 0.1) is 5.92 Å². The van der Waals surface area contributed by atoms with Crippen LogP contribution in [0.5, 0.6) is 0 Å². The van der Waals surface area contributed by atoms with Crippen molar-refractivity contribution in [3.63, 3.8) is 0 Å². The van der Waals surface area contributed by atoms with E-state index in [9.17, 15) is 9.59 Å². The molecule has 0 bridgehead atoms. The highest BCUT2D eigenvalue weighted by atomic mass is 35.5. The van der Waals surface area contributed by atoms with E-state index in [1.165, 1.54) is 4.90 Å². The van der Waals surface area contributed by atoms with Gasteiger partial charge in [0, 0.05) is 11.6 Å². The molecule has 2 aliphatic heterocycles. The Morgan fingerprint density at radius 1 is 1.32 bits per heavy atom. The van der Waals surface area contributed by atoms with Gasteiger partial charge in [0.1, 0.15) is 5.92 Å². The second kappa shape index (κ2) is 6.32. The van der Waals surface area contributed by atoms with E-state index in [1.54, 1.807) is 24.3 Å². The zero-order chi connectivity index (χ0) is 15.7. The molecule has 5 nitrogen and oxygen atoms in total. The Bertz CT molecular complexity index is 614. The smallest absolute Gasteiger partial charge is 0.246 e. The van der Waals surface area contributed by atoms with Gasteiger partial charge in [-0.25, -0.2) is 0 Å². The number of carbonyl (C=O) groups excluding carboxylic acids is 2. The topological polar surface area (TPSA) is 58.6 Å². The molecule has 2 unspecified atom stereocenters. The summed E-state index contributed by atoms with van der Waals surface area (Å²) >= 11 is 11.0. The SMILES string of the molecule is O=C1NC(=S)N(c2ccc(Cl)cc2)C(=O)C1CC1CCCO1. The number of amides is 2. The average Bonchev–Trinajstić information content (AvgIpc) is 2.98. The number of hydrogen-bond donors (Lipinski definition) is 1. The van der Waals surface area contributed by atoms with Crippen molar-refractivity contribution in [3.8, 4) is 0 Å². The van der Waals surface area contributed by atoms with Crippen molar-refractivity contribution < 1.29 is 14.3 Å². The zero-order valence-electron chi connectivity index (χ0n) is 11.8. The van der Waals surface area contributed by atoms with Crippen LogP contribution in [0.2, 0.25) is 5.02 Å². The van der Waals surface area contributed by atoms with Gasteiger partial charge < -0.3 is 10.1 Å². The van der Waals surface area contributed by atoms with Crippen molar-refractivity contribution >= 4 is 46.4 Å². The standard InChI is InChI=1S/C15H15ClN2O3S/c16-9-3-5-10(6-4-9)18-14(20)12(13(19)17-15(18)22)8-11-2-1-7-21-11/h3-6,11-12H,1-2,7-8H2,(H,17,19,22). The van der Waals surface area contributed by atoms with E-state index < -0.39 is 5.92 Å².